The van der Waals surface area contributed by atoms with Crippen molar-refractivity contribution in [1.82, 2.24) is 0 Å². The third kappa shape index (κ3) is 34.8. The Balaban J connectivity index is 0. The minimum atomic E-state index is -0.672. The summed E-state index contributed by atoms with van der Waals surface area (Å²) < 4.78 is 0. The molecule has 0 aliphatic carbocycles. The Hall–Kier alpha value is -1.06. The fourth-order valence-corrected chi connectivity index (χ4v) is 3.30. The first-order chi connectivity index (χ1) is 13.9. The highest BCUT2D eigenvalue weighted by Gasteiger charge is 1.98. The van der Waals surface area contributed by atoms with E-state index in [0.717, 1.165) is 31.6 Å². The zero-order chi connectivity index (χ0) is 22.2. The van der Waals surface area contributed by atoms with Gasteiger partial charge in [-0.05, 0) is 18.8 Å². The fraction of sp³-hybridized carbons (Fsp3) is 0.920. The molecular formula is C25H50O4. The lowest BCUT2D eigenvalue weighted by molar-refractivity contribution is -0.138. The monoisotopic (exact) mass is 414 g/mol. The zero-order valence-corrected chi connectivity index (χ0v) is 19.7. The Morgan fingerprint density at radius 2 is 0.862 bits per heavy atom. The highest BCUT2D eigenvalue weighted by Crippen LogP contribution is 2.13. The smallest absolute Gasteiger partial charge is 0.303 e. The van der Waals surface area contributed by atoms with Crippen LogP contribution in [0.3, 0.4) is 0 Å². The molecular weight excluding hydrogens is 364 g/mol. The number of carboxylic acids is 2. The van der Waals surface area contributed by atoms with Crippen molar-refractivity contribution in [2.24, 2.45) is 5.92 Å². The highest BCUT2D eigenvalue weighted by molar-refractivity contribution is 5.66. The van der Waals surface area contributed by atoms with Gasteiger partial charge in [-0.3, -0.25) is 9.59 Å². The third-order valence-electron chi connectivity index (χ3n) is 5.17. The van der Waals surface area contributed by atoms with Gasteiger partial charge in [0.05, 0.1) is 0 Å². The summed E-state index contributed by atoms with van der Waals surface area (Å²) in [7, 11) is 0. The first-order valence-corrected chi connectivity index (χ1v) is 12.3. The molecule has 0 aromatic carbocycles. The SMILES string of the molecule is CC(C)CCCCCC(=O)O.CCCCCCCCCCCCCCCC(=O)O. The van der Waals surface area contributed by atoms with Crippen LogP contribution in [0.25, 0.3) is 0 Å². The molecule has 2 N–H and O–H groups in total. The number of unbranched alkanes of at least 4 members (excludes halogenated alkanes) is 14. The number of rotatable bonds is 20. The molecule has 0 unspecified atom stereocenters. The summed E-state index contributed by atoms with van der Waals surface area (Å²) in [5.41, 5.74) is 0. The first kappa shape index (κ1) is 30.1. The molecule has 0 aliphatic rings. The van der Waals surface area contributed by atoms with Crippen molar-refractivity contribution in [1.29, 1.82) is 0 Å². The zero-order valence-electron chi connectivity index (χ0n) is 19.7. The quantitative estimate of drug-likeness (QED) is 0.197. The van der Waals surface area contributed by atoms with Crippen LogP contribution in [0.2, 0.25) is 0 Å². The van der Waals surface area contributed by atoms with Gasteiger partial charge in [-0.15, -0.1) is 0 Å². The number of hydrogen-bond donors (Lipinski definition) is 2. The van der Waals surface area contributed by atoms with Gasteiger partial charge in [-0.25, -0.2) is 0 Å². The van der Waals surface area contributed by atoms with Crippen LogP contribution in [0.15, 0.2) is 0 Å². The molecule has 0 heterocycles. The number of aliphatic carboxylic acids is 2. The van der Waals surface area contributed by atoms with Gasteiger partial charge in [0, 0.05) is 12.8 Å². The minimum absolute atomic E-state index is 0.331. The van der Waals surface area contributed by atoms with Crippen LogP contribution >= 0.6 is 0 Å². The van der Waals surface area contributed by atoms with Crippen molar-refractivity contribution in [3.05, 3.63) is 0 Å². The standard InChI is InChI=1S/C16H32O2.C9H18O2/c1-2-3-4-5-6-7-8-9-10-11-12-13-14-15-16(17)18;1-8(2)6-4-3-5-7-9(10)11/h2-15H2,1H3,(H,17,18);8H,3-7H2,1-2H3,(H,10,11). The summed E-state index contributed by atoms with van der Waals surface area (Å²) in [6, 6.07) is 0. The van der Waals surface area contributed by atoms with E-state index in [1.807, 2.05) is 0 Å². The second kappa shape index (κ2) is 25.0. The molecule has 0 spiro atoms. The van der Waals surface area contributed by atoms with E-state index in [2.05, 4.69) is 20.8 Å². The van der Waals surface area contributed by atoms with E-state index < -0.39 is 11.9 Å². The Morgan fingerprint density at radius 1 is 0.552 bits per heavy atom. The summed E-state index contributed by atoms with van der Waals surface area (Å²) in [6.07, 6.45) is 21.9. The molecule has 174 valence electrons. The molecule has 0 saturated heterocycles. The maximum atomic E-state index is 10.3. The van der Waals surface area contributed by atoms with Crippen LogP contribution in [-0.4, -0.2) is 22.2 Å². The molecule has 0 rings (SSSR count). The molecule has 29 heavy (non-hydrogen) atoms. The van der Waals surface area contributed by atoms with Gasteiger partial charge in [-0.2, -0.15) is 0 Å². The van der Waals surface area contributed by atoms with Gasteiger partial charge in [-0.1, -0.05) is 117 Å². The van der Waals surface area contributed by atoms with Crippen LogP contribution in [0.4, 0.5) is 0 Å². The molecule has 0 aromatic heterocycles. The fourth-order valence-electron chi connectivity index (χ4n) is 3.30. The van der Waals surface area contributed by atoms with E-state index in [1.165, 1.54) is 83.5 Å². The Labute approximate surface area is 180 Å². The Bertz CT molecular complexity index is 353. The first-order valence-electron chi connectivity index (χ1n) is 12.3. The highest BCUT2D eigenvalue weighted by atomic mass is 16.4. The second-order valence-electron chi connectivity index (χ2n) is 8.77. The van der Waals surface area contributed by atoms with E-state index >= 15 is 0 Å². The van der Waals surface area contributed by atoms with E-state index in [0.29, 0.717) is 12.8 Å². The maximum Gasteiger partial charge on any atom is 0.303 e. The van der Waals surface area contributed by atoms with Crippen LogP contribution in [0.5, 0.6) is 0 Å². The second-order valence-corrected chi connectivity index (χ2v) is 8.77. The van der Waals surface area contributed by atoms with Crippen molar-refractivity contribution in [3.8, 4) is 0 Å². The van der Waals surface area contributed by atoms with Crippen molar-refractivity contribution < 1.29 is 19.8 Å². The lowest BCUT2D eigenvalue weighted by atomic mass is 10.0. The predicted molar refractivity (Wildman–Crippen MR) is 124 cm³/mol. The summed E-state index contributed by atoms with van der Waals surface area (Å²) in [4.78, 5) is 20.4. The summed E-state index contributed by atoms with van der Waals surface area (Å²) in [5.74, 6) is -0.576. The molecule has 0 fully saturated rings. The summed E-state index contributed by atoms with van der Waals surface area (Å²) in [5, 5.41) is 16.8. The van der Waals surface area contributed by atoms with E-state index in [4.69, 9.17) is 10.2 Å². The summed E-state index contributed by atoms with van der Waals surface area (Å²) >= 11 is 0. The molecule has 4 heteroatoms. The molecule has 0 saturated carbocycles. The van der Waals surface area contributed by atoms with Crippen LogP contribution < -0.4 is 0 Å². The Kier molecular flexibility index (Phi) is 26.0. The molecule has 0 radical (unpaired) electrons. The van der Waals surface area contributed by atoms with Crippen LogP contribution in [-0.2, 0) is 9.59 Å². The lowest BCUT2D eigenvalue weighted by Gasteiger charge is -2.02. The molecule has 0 bridgehead atoms. The lowest BCUT2D eigenvalue weighted by Crippen LogP contribution is -1.94. The largest absolute Gasteiger partial charge is 0.481 e. The van der Waals surface area contributed by atoms with Crippen molar-refractivity contribution in [3.63, 3.8) is 0 Å². The van der Waals surface area contributed by atoms with Crippen molar-refractivity contribution in [2.75, 3.05) is 0 Å². The number of hydrogen-bond acceptors (Lipinski definition) is 2. The van der Waals surface area contributed by atoms with E-state index in [1.54, 1.807) is 0 Å². The summed E-state index contributed by atoms with van der Waals surface area (Å²) in [6.45, 7) is 6.64. The van der Waals surface area contributed by atoms with E-state index in [-0.39, 0.29) is 0 Å². The molecule has 0 atom stereocenters. The number of carboxylic acid groups (broad SMARTS) is 2. The minimum Gasteiger partial charge on any atom is -0.481 e. The van der Waals surface area contributed by atoms with Gasteiger partial charge < -0.3 is 10.2 Å². The van der Waals surface area contributed by atoms with Crippen molar-refractivity contribution >= 4 is 11.9 Å². The molecule has 0 aliphatic heterocycles. The molecule has 0 aromatic rings. The Morgan fingerprint density at radius 3 is 1.17 bits per heavy atom. The van der Waals surface area contributed by atoms with E-state index in [9.17, 15) is 9.59 Å². The van der Waals surface area contributed by atoms with Gasteiger partial charge in [0.15, 0.2) is 0 Å². The average Bonchev–Trinajstić information content (AvgIpc) is 2.65. The average molecular weight is 415 g/mol. The van der Waals surface area contributed by atoms with Gasteiger partial charge in [0.1, 0.15) is 0 Å². The predicted octanol–water partition coefficient (Wildman–Crippen LogP) is 8.23. The normalized spacial score (nSPS) is 10.6. The van der Waals surface area contributed by atoms with Crippen molar-refractivity contribution in [2.45, 2.75) is 143 Å². The third-order valence-corrected chi connectivity index (χ3v) is 5.17. The van der Waals surface area contributed by atoms with Gasteiger partial charge >= 0.3 is 11.9 Å². The van der Waals surface area contributed by atoms with Crippen LogP contribution in [0.1, 0.15) is 143 Å². The number of carbonyl (C=O) groups is 2. The molecule has 0 amide bonds. The van der Waals surface area contributed by atoms with Gasteiger partial charge in [0.25, 0.3) is 0 Å². The maximum absolute atomic E-state index is 10.3. The molecule has 4 nitrogen and oxygen atoms in total. The van der Waals surface area contributed by atoms with Gasteiger partial charge in [0.2, 0.25) is 0 Å². The topological polar surface area (TPSA) is 74.6 Å². The van der Waals surface area contributed by atoms with Crippen LogP contribution in [0, 0.1) is 5.92 Å².